The predicted octanol–water partition coefficient (Wildman–Crippen LogP) is 3.29. The highest BCUT2D eigenvalue weighted by Gasteiger charge is 2.33. The summed E-state index contributed by atoms with van der Waals surface area (Å²) in [6.07, 6.45) is 2.42. The van der Waals surface area contributed by atoms with Crippen molar-refractivity contribution >= 4 is 23.3 Å². The lowest BCUT2D eigenvalue weighted by molar-refractivity contribution is 0.0697. The van der Waals surface area contributed by atoms with Crippen molar-refractivity contribution in [3.8, 4) is 0 Å². The van der Waals surface area contributed by atoms with Gasteiger partial charge in [-0.25, -0.2) is 4.79 Å². The smallest absolute Gasteiger partial charge is 0.337 e. The van der Waals surface area contributed by atoms with Gasteiger partial charge >= 0.3 is 5.97 Å². The van der Waals surface area contributed by atoms with Gasteiger partial charge in [0, 0.05) is 24.7 Å². The molecule has 1 aromatic rings. The minimum atomic E-state index is -0.951. The van der Waals surface area contributed by atoms with Crippen LogP contribution < -0.4 is 4.90 Å². The SMILES string of the molecule is COCCN(c1ccc(Cl)cc1C(=O)O)C(C)C1CC1. The van der Waals surface area contributed by atoms with Crippen LogP contribution in [0.5, 0.6) is 0 Å². The van der Waals surface area contributed by atoms with Crippen LogP contribution in [0.15, 0.2) is 18.2 Å². The van der Waals surface area contributed by atoms with E-state index in [9.17, 15) is 9.90 Å². The second kappa shape index (κ2) is 6.46. The molecule has 0 radical (unpaired) electrons. The Morgan fingerprint density at radius 2 is 2.25 bits per heavy atom. The van der Waals surface area contributed by atoms with E-state index in [1.165, 1.54) is 18.9 Å². The van der Waals surface area contributed by atoms with Crippen LogP contribution in [0, 0.1) is 5.92 Å². The van der Waals surface area contributed by atoms with E-state index in [-0.39, 0.29) is 5.56 Å². The molecule has 4 nitrogen and oxygen atoms in total. The lowest BCUT2D eigenvalue weighted by Crippen LogP contribution is -2.38. The van der Waals surface area contributed by atoms with Gasteiger partial charge in [-0.3, -0.25) is 0 Å². The number of aromatic carboxylic acids is 1. The van der Waals surface area contributed by atoms with Crippen LogP contribution >= 0.6 is 11.6 Å². The molecular formula is C15H20ClNO3. The highest BCUT2D eigenvalue weighted by atomic mass is 35.5. The van der Waals surface area contributed by atoms with Crippen LogP contribution in [0.3, 0.4) is 0 Å². The van der Waals surface area contributed by atoms with Crippen LogP contribution in [0.25, 0.3) is 0 Å². The zero-order chi connectivity index (χ0) is 14.7. The number of rotatable bonds is 7. The number of benzene rings is 1. The van der Waals surface area contributed by atoms with E-state index in [2.05, 4.69) is 11.8 Å². The number of halogens is 1. The molecule has 0 aliphatic heterocycles. The van der Waals surface area contributed by atoms with Gasteiger partial charge in [-0.1, -0.05) is 11.6 Å². The molecule has 1 aliphatic carbocycles. The first-order valence-electron chi connectivity index (χ1n) is 6.83. The molecule has 1 unspecified atom stereocenters. The lowest BCUT2D eigenvalue weighted by Gasteiger charge is -2.32. The lowest BCUT2D eigenvalue weighted by atomic mass is 10.1. The Bertz CT molecular complexity index is 488. The van der Waals surface area contributed by atoms with Gasteiger partial charge < -0.3 is 14.7 Å². The summed E-state index contributed by atoms with van der Waals surface area (Å²) in [4.78, 5) is 13.6. The molecular weight excluding hydrogens is 278 g/mol. The van der Waals surface area contributed by atoms with Gasteiger partial charge in [-0.15, -0.1) is 0 Å². The molecule has 0 heterocycles. The zero-order valence-electron chi connectivity index (χ0n) is 11.8. The third-order valence-corrected chi connectivity index (χ3v) is 4.07. The summed E-state index contributed by atoms with van der Waals surface area (Å²) in [5, 5.41) is 9.83. The number of anilines is 1. The fraction of sp³-hybridized carbons (Fsp3) is 0.533. The van der Waals surface area contributed by atoms with Gasteiger partial charge in [0.2, 0.25) is 0 Å². The summed E-state index contributed by atoms with van der Waals surface area (Å²) < 4.78 is 5.15. The minimum absolute atomic E-state index is 0.251. The number of hydrogen-bond acceptors (Lipinski definition) is 3. The number of carboxylic acid groups (broad SMARTS) is 1. The highest BCUT2D eigenvalue weighted by Crippen LogP contribution is 2.38. The van der Waals surface area contributed by atoms with Gasteiger partial charge in [0.05, 0.1) is 17.9 Å². The van der Waals surface area contributed by atoms with Crippen LogP contribution in [0.1, 0.15) is 30.1 Å². The van der Waals surface area contributed by atoms with Crippen LogP contribution in [-0.2, 0) is 4.74 Å². The molecule has 2 rings (SSSR count). The monoisotopic (exact) mass is 297 g/mol. The second-order valence-electron chi connectivity index (χ2n) is 5.23. The van der Waals surface area contributed by atoms with Gasteiger partial charge in [-0.2, -0.15) is 0 Å². The average molecular weight is 298 g/mol. The summed E-state index contributed by atoms with van der Waals surface area (Å²) >= 11 is 5.92. The summed E-state index contributed by atoms with van der Waals surface area (Å²) in [6.45, 7) is 3.39. The standard InChI is InChI=1S/C15H20ClNO3/c1-10(11-3-4-11)17(7-8-20-2)14-6-5-12(16)9-13(14)15(18)19/h5-6,9-11H,3-4,7-8H2,1-2H3,(H,18,19). The van der Waals surface area contributed by atoms with Crippen molar-refractivity contribution in [2.24, 2.45) is 5.92 Å². The van der Waals surface area contributed by atoms with Gasteiger partial charge in [0.25, 0.3) is 0 Å². The van der Waals surface area contributed by atoms with E-state index in [1.807, 2.05) is 0 Å². The number of carbonyl (C=O) groups is 1. The molecule has 110 valence electrons. The number of nitrogens with zero attached hydrogens (tertiary/aromatic N) is 1. The van der Waals surface area contributed by atoms with Gasteiger partial charge in [-0.05, 0) is 43.9 Å². The Labute approximate surface area is 124 Å². The molecule has 0 aromatic heterocycles. The Kier molecular flexibility index (Phi) is 4.89. The predicted molar refractivity (Wildman–Crippen MR) is 79.8 cm³/mol. The van der Waals surface area contributed by atoms with Crippen molar-refractivity contribution in [3.05, 3.63) is 28.8 Å². The van der Waals surface area contributed by atoms with E-state index >= 15 is 0 Å². The number of carboxylic acids is 1. The maximum atomic E-state index is 11.4. The molecule has 1 atom stereocenters. The van der Waals surface area contributed by atoms with Crippen molar-refractivity contribution in [1.29, 1.82) is 0 Å². The summed E-state index contributed by atoms with van der Waals surface area (Å²) in [6, 6.07) is 5.35. The summed E-state index contributed by atoms with van der Waals surface area (Å²) in [5.41, 5.74) is 0.972. The third-order valence-electron chi connectivity index (χ3n) is 3.83. The Morgan fingerprint density at radius 3 is 2.80 bits per heavy atom. The maximum Gasteiger partial charge on any atom is 0.337 e. The molecule has 20 heavy (non-hydrogen) atoms. The zero-order valence-corrected chi connectivity index (χ0v) is 12.6. The van der Waals surface area contributed by atoms with Crippen LogP contribution in [0.4, 0.5) is 5.69 Å². The largest absolute Gasteiger partial charge is 0.478 e. The maximum absolute atomic E-state index is 11.4. The fourth-order valence-electron chi connectivity index (χ4n) is 2.50. The van der Waals surface area contributed by atoms with E-state index in [0.717, 1.165) is 5.69 Å². The molecule has 1 aliphatic rings. The van der Waals surface area contributed by atoms with Crippen LogP contribution in [-0.4, -0.2) is 37.4 Å². The van der Waals surface area contributed by atoms with Gasteiger partial charge in [0.15, 0.2) is 0 Å². The molecule has 0 spiro atoms. The van der Waals surface area contributed by atoms with Crippen molar-refractivity contribution in [2.75, 3.05) is 25.2 Å². The van der Waals surface area contributed by atoms with Crippen molar-refractivity contribution in [1.82, 2.24) is 0 Å². The van der Waals surface area contributed by atoms with Crippen molar-refractivity contribution < 1.29 is 14.6 Å². The highest BCUT2D eigenvalue weighted by molar-refractivity contribution is 6.31. The van der Waals surface area contributed by atoms with Crippen LogP contribution in [0.2, 0.25) is 5.02 Å². The first-order chi connectivity index (χ1) is 9.54. The first-order valence-corrected chi connectivity index (χ1v) is 7.20. The number of ether oxygens (including phenoxy) is 1. The van der Waals surface area contributed by atoms with Crippen molar-refractivity contribution in [3.63, 3.8) is 0 Å². The molecule has 1 aromatic carbocycles. The fourth-order valence-corrected chi connectivity index (χ4v) is 2.67. The summed E-state index contributed by atoms with van der Waals surface area (Å²) in [7, 11) is 1.65. The molecule has 0 bridgehead atoms. The van der Waals surface area contributed by atoms with E-state index in [4.69, 9.17) is 16.3 Å². The van der Waals surface area contributed by atoms with Crippen molar-refractivity contribution in [2.45, 2.75) is 25.8 Å². The normalized spacial score (nSPS) is 15.9. The Hall–Kier alpha value is -1.26. The first kappa shape index (κ1) is 15.1. The average Bonchev–Trinajstić information content (AvgIpc) is 3.24. The molecule has 1 N–H and O–H groups in total. The number of hydrogen-bond donors (Lipinski definition) is 1. The topological polar surface area (TPSA) is 49.8 Å². The molecule has 5 heteroatoms. The molecule has 1 fully saturated rings. The quantitative estimate of drug-likeness (QED) is 0.839. The second-order valence-corrected chi connectivity index (χ2v) is 5.67. The molecule has 0 saturated heterocycles. The minimum Gasteiger partial charge on any atom is -0.478 e. The third kappa shape index (κ3) is 3.44. The van der Waals surface area contributed by atoms with E-state index < -0.39 is 5.97 Å². The molecule has 1 saturated carbocycles. The number of methoxy groups -OCH3 is 1. The molecule has 0 amide bonds. The Morgan fingerprint density at radius 1 is 1.55 bits per heavy atom. The Balaban J connectivity index is 2.33. The van der Waals surface area contributed by atoms with Gasteiger partial charge in [0.1, 0.15) is 0 Å². The summed E-state index contributed by atoms with van der Waals surface area (Å²) in [5.74, 6) is -0.308. The van der Waals surface area contributed by atoms with E-state index in [1.54, 1.807) is 19.2 Å². The van der Waals surface area contributed by atoms with E-state index in [0.29, 0.717) is 30.1 Å².